The molecule has 0 bridgehead atoms. The molecule has 0 saturated heterocycles. The van der Waals surface area contributed by atoms with Crippen molar-refractivity contribution in [2.75, 3.05) is 0 Å². The van der Waals surface area contributed by atoms with Gasteiger partial charge in [-0.15, -0.1) is 11.3 Å². The van der Waals surface area contributed by atoms with Crippen LogP contribution in [0, 0.1) is 5.13 Å². The van der Waals surface area contributed by atoms with Crippen LogP contribution in [0.4, 0.5) is 4.39 Å². The summed E-state index contributed by atoms with van der Waals surface area (Å²) < 4.78 is 13.2. The molecule has 1 aromatic heterocycles. The van der Waals surface area contributed by atoms with Gasteiger partial charge in [-0.1, -0.05) is 0 Å². The quantitative estimate of drug-likeness (QED) is 0.299. The van der Waals surface area contributed by atoms with Crippen molar-refractivity contribution in [2.24, 2.45) is 16.8 Å². The molecule has 7 heteroatoms. The van der Waals surface area contributed by atoms with E-state index >= 15 is 0 Å². The normalized spacial score (nSPS) is 11.8. The molecule has 0 aliphatic carbocycles. The highest BCUT2D eigenvalue weighted by Crippen LogP contribution is 2.25. The summed E-state index contributed by atoms with van der Waals surface area (Å²) in [6.45, 7) is 0. The molecule has 0 aromatic carbocycles. The van der Waals surface area contributed by atoms with Gasteiger partial charge in [0.2, 0.25) is 0 Å². The molecule has 1 aromatic rings. The predicted molar refractivity (Wildman–Crippen MR) is 50.0 cm³/mol. The van der Waals surface area contributed by atoms with E-state index in [1.165, 1.54) is 6.07 Å². The highest BCUT2D eigenvalue weighted by Gasteiger charge is 2.11. The maximum atomic E-state index is 12.6. The molecule has 5 N–H and O–H groups in total. The maximum Gasteiger partial charge on any atom is 0.178 e. The molecule has 0 amide bonds. The van der Waals surface area contributed by atoms with Gasteiger partial charge in [0.05, 0.1) is 4.88 Å². The van der Waals surface area contributed by atoms with E-state index < -0.39 is 0 Å². The zero-order valence-electron chi connectivity index (χ0n) is 5.84. The second-order valence-corrected chi connectivity index (χ2v) is 3.71. The topological polar surface area (TPSA) is 76.4 Å². The minimum Gasteiger partial charge on any atom is -0.321 e. The molecule has 0 saturated carbocycles. The van der Waals surface area contributed by atoms with Crippen molar-refractivity contribution in [1.29, 1.82) is 0 Å². The van der Waals surface area contributed by atoms with E-state index in [0.29, 0.717) is 9.35 Å². The van der Waals surface area contributed by atoms with Gasteiger partial charge in [-0.3, -0.25) is 0 Å². The summed E-state index contributed by atoms with van der Waals surface area (Å²) in [5.74, 6) is 10.3. The second kappa shape index (κ2) is 3.83. The zero-order valence-corrected chi connectivity index (χ0v) is 8.25. The van der Waals surface area contributed by atoms with E-state index in [-0.39, 0.29) is 11.0 Å². The first-order valence-corrected chi connectivity index (χ1v) is 4.49. The van der Waals surface area contributed by atoms with Crippen molar-refractivity contribution in [3.63, 3.8) is 0 Å². The number of hydrazine groups is 1. The molecule has 0 spiro atoms. The summed E-state index contributed by atoms with van der Waals surface area (Å²) in [4.78, 5) is 0.539. The Balaban J connectivity index is 3.09. The molecule has 0 radical (unpaired) electrons. The Labute approximate surface area is 80.5 Å². The number of rotatable bonds is 1. The van der Waals surface area contributed by atoms with Crippen LogP contribution in [0.3, 0.4) is 0 Å². The first-order chi connectivity index (χ1) is 5.69. The van der Waals surface area contributed by atoms with Crippen LogP contribution in [0.15, 0.2) is 15.6 Å². The number of halogens is 2. The molecule has 0 unspecified atom stereocenters. The molecular formula is C5H6BrFN4S. The Kier molecular flexibility index (Phi) is 3.01. The van der Waals surface area contributed by atoms with Crippen LogP contribution in [0.5, 0.6) is 0 Å². The summed E-state index contributed by atoms with van der Waals surface area (Å²) in [5.41, 5.74) is 2.26. The van der Waals surface area contributed by atoms with Gasteiger partial charge >= 0.3 is 0 Å². The highest BCUT2D eigenvalue weighted by molar-refractivity contribution is 9.10. The van der Waals surface area contributed by atoms with Gasteiger partial charge in [0.25, 0.3) is 0 Å². The van der Waals surface area contributed by atoms with Crippen LogP contribution in [-0.2, 0) is 0 Å². The van der Waals surface area contributed by atoms with Crippen molar-refractivity contribution in [2.45, 2.75) is 0 Å². The van der Waals surface area contributed by atoms with Crippen molar-refractivity contribution in [3.05, 3.63) is 20.5 Å². The van der Waals surface area contributed by atoms with E-state index in [1.54, 1.807) is 0 Å². The first-order valence-electron chi connectivity index (χ1n) is 2.88. The van der Waals surface area contributed by atoms with Crippen molar-refractivity contribution in [3.8, 4) is 0 Å². The van der Waals surface area contributed by atoms with Crippen LogP contribution in [-0.4, -0.2) is 5.84 Å². The largest absolute Gasteiger partial charge is 0.321 e. The number of nitrogens with two attached hydrogens (primary N) is 2. The van der Waals surface area contributed by atoms with Gasteiger partial charge in [0, 0.05) is 10.5 Å². The average Bonchev–Trinajstić information content (AvgIpc) is 2.34. The second-order valence-electron chi connectivity index (χ2n) is 1.85. The fourth-order valence-corrected chi connectivity index (χ4v) is 2.18. The fourth-order valence-electron chi connectivity index (χ4n) is 0.664. The highest BCUT2D eigenvalue weighted by atomic mass is 79.9. The predicted octanol–water partition coefficient (Wildman–Crippen LogP) is 0.733. The van der Waals surface area contributed by atoms with Crippen molar-refractivity contribution < 1.29 is 4.39 Å². The molecule has 4 nitrogen and oxygen atoms in total. The number of thiophene rings is 1. The summed E-state index contributed by atoms with van der Waals surface area (Å²) in [5, 5.41) is 3.02. The Morgan fingerprint density at radius 3 is 2.75 bits per heavy atom. The van der Waals surface area contributed by atoms with Gasteiger partial charge < -0.3 is 11.3 Å². The monoisotopic (exact) mass is 252 g/mol. The molecule has 0 atom stereocenters. The Hall–Kier alpha value is -0.660. The van der Waals surface area contributed by atoms with Gasteiger partial charge in [0.15, 0.2) is 11.0 Å². The van der Waals surface area contributed by atoms with E-state index in [1.807, 2.05) is 0 Å². The van der Waals surface area contributed by atoms with E-state index in [0.717, 1.165) is 11.3 Å². The summed E-state index contributed by atoms with van der Waals surface area (Å²) >= 11 is 4.04. The molecule has 12 heavy (non-hydrogen) atoms. The number of hydrazone groups is 1. The summed E-state index contributed by atoms with van der Waals surface area (Å²) in [7, 11) is 0. The third kappa shape index (κ3) is 1.74. The minimum absolute atomic E-state index is 0.246. The number of hydrogen-bond donors (Lipinski definition) is 3. The molecule has 1 heterocycles. The Morgan fingerprint density at radius 1 is 1.75 bits per heavy atom. The molecular weight excluding hydrogens is 247 g/mol. The van der Waals surface area contributed by atoms with Gasteiger partial charge in [-0.05, 0) is 15.9 Å². The number of nitrogens with zero attached hydrogens (tertiary/aromatic N) is 1. The lowest BCUT2D eigenvalue weighted by Crippen LogP contribution is -2.31. The number of hydrogen-bond acceptors (Lipinski definition) is 4. The first kappa shape index (κ1) is 9.43. The lowest BCUT2D eigenvalue weighted by atomic mass is 10.4. The smallest absolute Gasteiger partial charge is 0.178 e. The van der Waals surface area contributed by atoms with Crippen molar-refractivity contribution >= 4 is 33.1 Å². The third-order valence-electron chi connectivity index (χ3n) is 1.14. The van der Waals surface area contributed by atoms with Gasteiger partial charge in [-0.25, -0.2) is 5.84 Å². The van der Waals surface area contributed by atoms with Gasteiger partial charge in [0.1, 0.15) is 0 Å². The average molecular weight is 253 g/mol. The van der Waals surface area contributed by atoms with Gasteiger partial charge in [-0.2, -0.15) is 9.49 Å². The number of nitrogens with one attached hydrogen (secondary N) is 1. The summed E-state index contributed by atoms with van der Waals surface area (Å²) in [6.07, 6.45) is 0. The minimum atomic E-state index is -0.326. The van der Waals surface area contributed by atoms with Crippen LogP contribution in [0.25, 0.3) is 0 Å². The molecule has 0 fully saturated rings. The standard InChI is InChI=1S/C5H6BrFN4S/c6-2-1-3(7)12-4(2)5(10-8)11-9/h1H,8-9H2,(H,10,11). The molecule has 0 aliphatic heterocycles. The van der Waals surface area contributed by atoms with Crippen LogP contribution >= 0.6 is 27.3 Å². The maximum absolute atomic E-state index is 12.6. The van der Waals surface area contributed by atoms with Crippen LogP contribution in [0.2, 0.25) is 0 Å². The van der Waals surface area contributed by atoms with E-state index in [9.17, 15) is 4.39 Å². The lowest BCUT2D eigenvalue weighted by Gasteiger charge is -1.99. The van der Waals surface area contributed by atoms with Crippen LogP contribution < -0.4 is 17.1 Å². The lowest BCUT2D eigenvalue weighted by molar-refractivity contribution is 0.657. The Morgan fingerprint density at radius 2 is 2.42 bits per heavy atom. The molecule has 1 rings (SSSR count). The third-order valence-corrected chi connectivity index (χ3v) is 2.96. The van der Waals surface area contributed by atoms with Crippen molar-refractivity contribution in [1.82, 2.24) is 5.43 Å². The Bertz CT molecular complexity index is 310. The fraction of sp³-hybridized carbons (Fsp3) is 0. The SMILES string of the molecule is N/N=C(\NN)c1sc(F)cc1Br. The van der Waals surface area contributed by atoms with E-state index in [2.05, 4.69) is 26.5 Å². The number of amidine groups is 1. The van der Waals surface area contributed by atoms with Crippen LogP contribution in [0.1, 0.15) is 4.88 Å². The molecule has 66 valence electrons. The van der Waals surface area contributed by atoms with E-state index in [4.69, 9.17) is 11.7 Å². The zero-order chi connectivity index (χ0) is 9.14. The molecule has 0 aliphatic rings. The summed E-state index contributed by atoms with van der Waals surface area (Å²) in [6, 6.07) is 1.32.